The van der Waals surface area contributed by atoms with Gasteiger partial charge in [0.25, 0.3) is 0 Å². The van der Waals surface area contributed by atoms with Gasteiger partial charge < -0.3 is 9.47 Å². The van der Waals surface area contributed by atoms with E-state index in [0.717, 1.165) is 16.7 Å². The van der Waals surface area contributed by atoms with Crippen LogP contribution in [0.3, 0.4) is 0 Å². The number of benzene rings is 2. The highest BCUT2D eigenvalue weighted by molar-refractivity contribution is 5.90. The summed E-state index contributed by atoms with van der Waals surface area (Å²) < 4.78 is 10.3. The van der Waals surface area contributed by atoms with Gasteiger partial charge in [-0.15, -0.1) is 0 Å². The number of methoxy groups -OCH3 is 1. The van der Waals surface area contributed by atoms with E-state index in [4.69, 9.17) is 9.47 Å². The molecule has 0 aliphatic heterocycles. The van der Waals surface area contributed by atoms with Gasteiger partial charge in [-0.2, -0.15) is 0 Å². The van der Waals surface area contributed by atoms with Crippen LogP contribution in [0.1, 0.15) is 28.4 Å². The van der Waals surface area contributed by atoms with Gasteiger partial charge in [-0.05, 0) is 48.2 Å². The molecule has 21 heavy (non-hydrogen) atoms. The summed E-state index contributed by atoms with van der Waals surface area (Å²) in [6.45, 7) is 5.15. The highest BCUT2D eigenvalue weighted by Gasteiger charge is 2.12. The molecule has 0 unspecified atom stereocenters. The topological polar surface area (TPSA) is 35.5 Å². The summed E-state index contributed by atoms with van der Waals surface area (Å²) >= 11 is 0. The van der Waals surface area contributed by atoms with Crippen molar-refractivity contribution in [3.8, 4) is 11.1 Å². The molecule has 2 aromatic carbocycles. The fourth-order valence-electron chi connectivity index (χ4n) is 2.31. The van der Waals surface area contributed by atoms with Crippen LogP contribution in [0.4, 0.5) is 0 Å². The summed E-state index contributed by atoms with van der Waals surface area (Å²) in [4.78, 5) is 11.7. The average molecular weight is 284 g/mol. The molecule has 110 valence electrons. The standard InChI is InChI=1S/C18H20O3/c1-4-21-12-15-11-14(18(19)20-3)9-10-17(15)16-8-6-5-7-13(16)2/h5-11H,4,12H2,1-3H3. The molecular formula is C18H20O3. The van der Waals surface area contributed by atoms with E-state index in [1.807, 2.05) is 31.2 Å². The largest absolute Gasteiger partial charge is 0.465 e. The first-order chi connectivity index (χ1) is 10.2. The molecule has 3 heteroatoms. The second kappa shape index (κ2) is 7.04. The first-order valence-corrected chi connectivity index (χ1v) is 7.02. The number of ether oxygens (including phenoxy) is 2. The lowest BCUT2D eigenvalue weighted by molar-refractivity contribution is 0.0600. The molecule has 2 aromatic rings. The predicted molar refractivity (Wildman–Crippen MR) is 83.3 cm³/mol. The third-order valence-corrected chi connectivity index (χ3v) is 3.42. The molecule has 0 saturated heterocycles. The Labute approximate surface area is 125 Å². The Morgan fingerprint density at radius 1 is 1.10 bits per heavy atom. The quantitative estimate of drug-likeness (QED) is 0.779. The number of hydrogen-bond donors (Lipinski definition) is 0. The molecular weight excluding hydrogens is 264 g/mol. The monoisotopic (exact) mass is 284 g/mol. The maximum absolute atomic E-state index is 11.7. The lowest BCUT2D eigenvalue weighted by atomic mass is 9.95. The Morgan fingerprint density at radius 2 is 1.86 bits per heavy atom. The summed E-state index contributed by atoms with van der Waals surface area (Å²) in [5, 5.41) is 0. The third-order valence-electron chi connectivity index (χ3n) is 3.42. The van der Waals surface area contributed by atoms with Gasteiger partial charge in [0, 0.05) is 6.61 Å². The molecule has 0 aromatic heterocycles. The lowest BCUT2D eigenvalue weighted by Gasteiger charge is -2.13. The molecule has 0 aliphatic rings. The highest BCUT2D eigenvalue weighted by atomic mass is 16.5. The minimum absolute atomic E-state index is 0.330. The van der Waals surface area contributed by atoms with Crippen molar-refractivity contribution in [3.63, 3.8) is 0 Å². The molecule has 3 nitrogen and oxygen atoms in total. The average Bonchev–Trinajstić information content (AvgIpc) is 2.52. The smallest absolute Gasteiger partial charge is 0.337 e. The minimum Gasteiger partial charge on any atom is -0.465 e. The van der Waals surface area contributed by atoms with Crippen molar-refractivity contribution in [3.05, 3.63) is 59.2 Å². The summed E-state index contributed by atoms with van der Waals surface area (Å²) in [5.74, 6) is -0.330. The zero-order valence-electron chi connectivity index (χ0n) is 12.7. The van der Waals surface area contributed by atoms with Crippen molar-refractivity contribution < 1.29 is 14.3 Å². The number of aryl methyl sites for hydroxylation is 1. The van der Waals surface area contributed by atoms with E-state index in [0.29, 0.717) is 18.8 Å². The van der Waals surface area contributed by atoms with Crippen molar-refractivity contribution in [1.82, 2.24) is 0 Å². The van der Waals surface area contributed by atoms with Crippen LogP contribution in [0.15, 0.2) is 42.5 Å². The number of carbonyl (C=O) groups excluding carboxylic acids is 1. The zero-order valence-corrected chi connectivity index (χ0v) is 12.7. The summed E-state index contributed by atoms with van der Waals surface area (Å²) in [6, 6.07) is 13.8. The Balaban J connectivity index is 2.49. The SMILES string of the molecule is CCOCc1cc(C(=O)OC)ccc1-c1ccccc1C. The molecule has 0 fully saturated rings. The van der Waals surface area contributed by atoms with Gasteiger partial charge in [-0.1, -0.05) is 30.3 Å². The molecule has 0 saturated carbocycles. The summed E-state index contributed by atoms with van der Waals surface area (Å²) in [6.07, 6.45) is 0. The first kappa shape index (κ1) is 15.3. The number of esters is 1. The van der Waals surface area contributed by atoms with Crippen molar-refractivity contribution >= 4 is 5.97 Å². The molecule has 2 rings (SSSR count). The molecule has 0 atom stereocenters. The lowest BCUT2D eigenvalue weighted by Crippen LogP contribution is -2.04. The van der Waals surface area contributed by atoms with E-state index in [1.165, 1.54) is 12.7 Å². The normalized spacial score (nSPS) is 10.4. The van der Waals surface area contributed by atoms with E-state index in [2.05, 4.69) is 19.1 Å². The van der Waals surface area contributed by atoms with Crippen LogP contribution in [0, 0.1) is 6.92 Å². The third kappa shape index (κ3) is 3.50. The van der Waals surface area contributed by atoms with E-state index >= 15 is 0 Å². The maximum atomic E-state index is 11.7. The second-order valence-electron chi connectivity index (χ2n) is 4.82. The van der Waals surface area contributed by atoms with Gasteiger partial charge in [0.15, 0.2) is 0 Å². The van der Waals surface area contributed by atoms with Crippen LogP contribution in [0.2, 0.25) is 0 Å². The highest BCUT2D eigenvalue weighted by Crippen LogP contribution is 2.28. The molecule has 0 heterocycles. The number of carbonyl (C=O) groups is 1. The van der Waals surface area contributed by atoms with Crippen molar-refractivity contribution in [1.29, 1.82) is 0 Å². The number of rotatable bonds is 5. The molecule has 0 radical (unpaired) electrons. The maximum Gasteiger partial charge on any atom is 0.337 e. The van der Waals surface area contributed by atoms with Crippen molar-refractivity contribution in [2.45, 2.75) is 20.5 Å². The van der Waals surface area contributed by atoms with Crippen LogP contribution in [0.5, 0.6) is 0 Å². The van der Waals surface area contributed by atoms with Crippen LogP contribution >= 0.6 is 0 Å². The summed E-state index contributed by atoms with van der Waals surface area (Å²) in [5.41, 5.74) is 4.98. The Kier molecular flexibility index (Phi) is 5.12. The van der Waals surface area contributed by atoms with Crippen LogP contribution < -0.4 is 0 Å². The van der Waals surface area contributed by atoms with E-state index < -0.39 is 0 Å². The Morgan fingerprint density at radius 3 is 2.52 bits per heavy atom. The van der Waals surface area contributed by atoms with E-state index in [9.17, 15) is 4.79 Å². The van der Waals surface area contributed by atoms with Crippen molar-refractivity contribution in [2.24, 2.45) is 0 Å². The molecule has 0 N–H and O–H groups in total. The fourth-order valence-corrected chi connectivity index (χ4v) is 2.31. The van der Waals surface area contributed by atoms with Crippen LogP contribution in [0.25, 0.3) is 11.1 Å². The predicted octanol–water partition coefficient (Wildman–Crippen LogP) is 3.99. The minimum atomic E-state index is -0.330. The molecule has 0 bridgehead atoms. The van der Waals surface area contributed by atoms with Gasteiger partial charge in [-0.3, -0.25) is 0 Å². The van der Waals surface area contributed by atoms with Crippen molar-refractivity contribution in [2.75, 3.05) is 13.7 Å². The van der Waals surface area contributed by atoms with E-state index in [-0.39, 0.29) is 5.97 Å². The first-order valence-electron chi connectivity index (χ1n) is 7.02. The van der Waals surface area contributed by atoms with E-state index in [1.54, 1.807) is 6.07 Å². The summed E-state index contributed by atoms with van der Waals surface area (Å²) in [7, 11) is 1.39. The van der Waals surface area contributed by atoms with Crippen LogP contribution in [-0.4, -0.2) is 19.7 Å². The Bertz CT molecular complexity index is 632. The second-order valence-corrected chi connectivity index (χ2v) is 4.82. The van der Waals surface area contributed by atoms with Gasteiger partial charge in [0.2, 0.25) is 0 Å². The van der Waals surface area contributed by atoms with Gasteiger partial charge in [-0.25, -0.2) is 4.79 Å². The van der Waals surface area contributed by atoms with Crippen LogP contribution in [-0.2, 0) is 16.1 Å². The van der Waals surface area contributed by atoms with Gasteiger partial charge >= 0.3 is 5.97 Å². The number of hydrogen-bond acceptors (Lipinski definition) is 3. The Hall–Kier alpha value is -2.13. The molecule has 0 aliphatic carbocycles. The van der Waals surface area contributed by atoms with Gasteiger partial charge in [0.05, 0.1) is 19.3 Å². The fraction of sp³-hybridized carbons (Fsp3) is 0.278. The zero-order chi connectivity index (χ0) is 15.2. The molecule has 0 spiro atoms. The molecule has 0 amide bonds. The van der Waals surface area contributed by atoms with Gasteiger partial charge in [0.1, 0.15) is 0 Å².